The predicted octanol–water partition coefficient (Wildman–Crippen LogP) is 3.69. The Kier molecular flexibility index (Phi) is 9.80. The van der Waals surface area contributed by atoms with Gasteiger partial charge in [-0.2, -0.15) is 11.8 Å². The number of methoxy groups -OCH3 is 1. The minimum Gasteiger partial charge on any atom is -0.468 e. The van der Waals surface area contributed by atoms with Gasteiger partial charge in [-0.3, -0.25) is 9.69 Å². The standard InChI is InChI=1S/C24H25NO2S/c1-27-24(26)23(17-20-28-2)25(18-9-15-21-11-5-3-6-12-21)19-10-16-22-13-7-4-8-14-22/h3-8,11-14,23H,17-20H2,1-2H3. The van der Waals surface area contributed by atoms with E-state index >= 15 is 0 Å². The number of thioether (sulfide) groups is 1. The topological polar surface area (TPSA) is 29.5 Å². The third-order valence-electron chi connectivity index (χ3n) is 4.09. The van der Waals surface area contributed by atoms with E-state index in [1.807, 2.05) is 71.8 Å². The van der Waals surface area contributed by atoms with Crippen molar-refractivity contribution in [2.75, 3.05) is 32.2 Å². The summed E-state index contributed by atoms with van der Waals surface area (Å²) in [6, 6.07) is 19.3. The second-order valence-electron chi connectivity index (χ2n) is 6.06. The number of esters is 1. The van der Waals surface area contributed by atoms with Crippen LogP contribution in [-0.4, -0.2) is 49.1 Å². The summed E-state index contributed by atoms with van der Waals surface area (Å²) in [6.07, 6.45) is 2.73. The molecule has 0 heterocycles. The smallest absolute Gasteiger partial charge is 0.323 e. The minimum atomic E-state index is -0.354. The molecule has 1 atom stereocenters. The maximum atomic E-state index is 12.4. The molecule has 0 amide bonds. The van der Waals surface area contributed by atoms with Crippen LogP contribution in [0.15, 0.2) is 60.7 Å². The van der Waals surface area contributed by atoms with E-state index in [0.29, 0.717) is 19.5 Å². The molecule has 3 nitrogen and oxygen atoms in total. The zero-order valence-corrected chi connectivity index (χ0v) is 17.2. The van der Waals surface area contributed by atoms with E-state index < -0.39 is 0 Å². The van der Waals surface area contributed by atoms with E-state index in [-0.39, 0.29) is 12.0 Å². The number of ether oxygens (including phenoxy) is 1. The molecule has 0 fully saturated rings. The fraction of sp³-hybridized carbons (Fsp3) is 0.292. The van der Waals surface area contributed by atoms with Crippen LogP contribution < -0.4 is 0 Å². The lowest BCUT2D eigenvalue weighted by atomic mass is 10.1. The van der Waals surface area contributed by atoms with Crippen LogP contribution in [0.5, 0.6) is 0 Å². The molecule has 2 aromatic carbocycles. The molecule has 0 saturated heterocycles. The van der Waals surface area contributed by atoms with Crippen molar-refractivity contribution in [2.45, 2.75) is 12.5 Å². The SMILES string of the molecule is COC(=O)C(CCSC)N(CC#Cc1ccccc1)CC#Cc1ccccc1. The van der Waals surface area contributed by atoms with Gasteiger partial charge in [0.2, 0.25) is 0 Å². The summed E-state index contributed by atoms with van der Waals surface area (Å²) in [5, 5.41) is 0. The first-order valence-corrected chi connectivity index (χ1v) is 10.5. The molecule has 144 valence electrons. The van der Waals surface area contributed by atoms with Gasteiger partial charge in [-0.15, -0.1) is 0 Å². The molecule has 0 bridgehead atoms. The van der Waals surface area contributed by atoms with Crippen molar-refractivity contribution in [3.8, 4) is 23.7 Å². The second-order valence-corrected chi connectivity index (χ2v) is 7.05. The Morgan fingerprint density at radius 3 is 1.89 bits per heavy atom. The molecule has 0 saturated carbocycles. The Hall–Kier alpha value is -2.66. The Morgan fingerprint density at radius 1 is 0.964 bits per heavy atom. The summed E-state index contributed by atoms with van der Waals surface area (Å²) < 4.78 is 5.03. The molecule has 0 aliphatic rings. The van der Waals surface area contributed by atoms with E-state index in [0.717, 1.165) is 16.9 Å². The highest BCUT2D eigenvalue weighted by atomic mass is 32.2. The van der Waals surface area contributed by atoms with Crippen LogP contribution in [-0.2, 0) is 9.53 Å². The van der Waals surface area contributed by atoms with Crippen LogP contribution >= 0.6 is 11.8 Å². The molecule has 4 heteroatoms. The van der Waals surface area contributed by atoms with Gasteiger partial charge in [0, 0.05) is 11.1 Å². The lowest BCUT2D eigenvalue weighted by Gasteiger charge is -2.26. The van der Waals surface area contributed by atoms with Gasteiger partial charge in [-0.05, 0) is 42.7 Å². The Bertz CT molecular complexity index is 785. The predicted molar refractivity (Wildman–Crippen MR) is 117 cm³/mol. The molecular formula is C24H25NO2S. The highest BCUT2D eigenvalue weighted by Crippen LogP contribution is 2.10. The molecule has 2 aromatic rings. The first kappa shape index (κ1) is 21.6. The first-order valence-electron chi connectivity index (χ1n) is 9.13. The summed E-state index contributed by atoms with van der Waals surface area (Å²) in [5.74, 6) is 13.3. The van der Waals surface area contributed by atoms with Crippen LogP contribution in [0.4, 0.5) is 0 Å². The monoisotopic (exact) mass is 391 g/mol. The molecule has 0 spiro atoms. The van der Waals surface area contributed by atoms with Crippen molar-refractivity contribution in [3.05, 3.63) is 71.8 Å². The van der Waals surface area contributed by atoms with Gasteiger partial charge >= 0.3 is 5.97 Å². The maximum absolute atomic E-state index is 12.4. The van der Waals surface area contributed by atoms with Crippen molar-refractivity contribution in [1.29, 1.82) is 0 Å². The molecule has 0 aliphatic heterocycles. The summed E-state index contributed by atoms with van der Waals surface area (Å²) >= 11 is 1.71. The van der Waals surface area contributed by atoms with Gasteiger partial charge in [0.25, 0.3) is 0 Å². The molecule has 0 aromatic heterocycles. The molecular weight excluding hydrogens is 366 g/mol. The van der Waals surface area contributed by atoms with Crippen LogP contribution in [0, 0.1) is 23.7 Å². The molecule has 28 heavy (non-hydrogen) atoms. The quantitative estimate of drug-likeness (QED) is 0.532. The van der Waals surface area contributed by atoms with Crippen molar-refractivity contribution in [3.63, 3.8) is 0 Å². The molecule has 0 radical (unpaired) electrons. The second kappa shape index (κ2) is 12.7. The summed E-state index contributed by atoms with van der Waals surface area (Å²) in [7, 11) is 1.43. The zero-order valence-electron chi connectivity index (χ0n) is 16.4. The van der Waals surface area contributed by atoms with Crippen molar-refractivity contribution >= 4 is 17.7 Å². The summed E-state index contributed by atoms with van der Waals surface area (Å²) in [6.45, 7) is 0.902. The van der Waals surface area contributed by atoms with Crippen molar-refractivity contribution in [2.24, 2.45) is 0 Å². The van der Waals surface area contributed by atoms with Crippen LogP contribution in [0.3, 0.4) is 0 Å². The number of carbonyl (C=O) groups is 1. The largest absolute Gasteiger partial charge is 0.468 e. The zero-order chi connectivity index (χ0) is 20.0. The number of hydrogen-bond acceptors (Lipinski definition) is 4. The van der Waals surface area contributed by atoms with Gasteiger partial charge in [-0.1, -0.05) is 60.1 Å². The van der Waals surface area contributed by atoms with Crippen LogP contribution in [0.2, 0.25) is 0 Å². The highest BCUT2D eigenvalue weighted by molar-refractivity contribution is 7.98. The summed E-state index contributed by atoms with van der Waals surface area (Å²) in [5.41, 5.74) is 1.91. The van der Waals surface area contributed by atoms with Gasteiger partial charge in [-0.25, -0.2) is 0 Å². The fourth-order valence-corrected chi connectivity index (χ4v) is 3.08. The molecule has 0 aliphatic carbocycles. The average Bonchev–Trinajstić information content (AvgIpc) is 2.74. The third kappa shape index (κ3) is 7.53. The van der Waals surface area contributed by atoms with E-state index in [1.165, 1.54) is 7.11 Å². The lowest BCUT2D eigenvalue weighted by Crippen LogP contribution is -2.43. The van der Waals surface area contributed by atoms with Gasteiger partial charge in [0.05, 0.1) is 20.2 Å². The number of benzene rings is 2. The van der Waals surface area contributed by atoms with E-state index in [4.69, 9.17) is 4.74 Å². The normalized spacial score (nSPS) is 11.0. The maximum Gasteiger partial charge on any atom is 0.323 e. The molecule has 0 N–H and O–H groups in total. The number of rotatable bonds is 7. The summed E-state index contributed by atoms with van der Waals surface area (Å²) in [4.78, 5) is 14.4. The van der Waals surface area contributed by atoms with Gasteiger partial charge < -0.3 is 4.74 Å². The molecule has 1 unspecified atom stereocenters. The Labute approximate surface area is 172 Å². The highest BCUT2D eigenvalue weighted by Gasteiger charge is 2.25. The van der Waals surface area contributed by atoms with Gasteiger partial charge in [0.15, 0.2) is 0 Å². The van der Waals surface area contributed by atoms with Crippen LogP contribution in [0.25, 0.3) is 0 Å². The van der Waals surface area contributed by atoms with E-state index in [1.54, 1.807) is 11.8 Å². The minimum absolute atomic E-state index is 0.239. The third-order valence-corrected chi connectivity index (χ3v) is 4.73. The Balaban J connectivity index is 2.16. The number of hydrogen-bond donors (Lipinski definition) is 0. The average molecular weight is 392 g/mol. The molecule has 2 rings (SSSR count). The van der Waals surface area contributed by atoms with Gasteiger partial charge in [0.1, 0.15) is 6.04 Å². The van der Waals surface area contributed by atoms with E-state index in [9.17, 15) is 4.79 Å². The lowest BCUT2D eigenvalue weighted by molar-refractivity contribution is -0.146. The first-order chi connectivity index (χ1) is 13.7. The fourth-order valence-electron chi connectivity index (χ4n) is 2.62. The van der Waals surface area contributed by atoms with Crippen molar-refractivity contribution in [1.82, 2.24) is 4.90 Å². The number of carbonyl (C=O) groups excluding carboxylic acids is 1. The van der Waals surface area contributed by atoms with Crippen LogP contribution in [0.1, 0.15) is 17.5 Å². The van der Waals surface area contributed by atoms with E-state index in [2.05, 4.69) is 23.7 Å². The van der Waals surface area contributed by atoms with Crippen molar-refractivity contribution < 1.29 is 9.53 Å². The Morgan fingerprint density at radius 2 is 1.46 bits per heavy atom. The number of nitrogens with zero attached hydrogens (tertiary/aromatic N) is 1.